The predicted octanol–water partition coefficient (Wildman–Crippen LogP) is 3.83. The van der Waals surface area contributed by atoms with Crippen LogP contribution in [0.3, 0.4) is 0 Å². The maximum atomic E-state index is 14.1. The van der Waals surface area contributed by atoms with Crippen molar-refractivity contribution in [2.24, 2.45) is 0 Å². The van der Waals surface area contributed by atoms with Gasteiger partial charge in [-0.2, -0.15) is 0 Å². The molecule has 0 saturated carbocycles. The summed E-state index contributed by atoms with van der Waals surface area (Å²) in [7, 11) is 0. The largest absolute Gasteiger partial charge is 0.375 e. The number of nitrogens with zero attached hydrogens (tertiary/aromatic N) is 1. The highest BCUT2D eigenvalue weighted by Gasteiger charge is 2.50. The fourth-order valence-corrected chi connectivity index (χ4v) is 3.59. The summed E-state index contributed by atoms with van der Waals surface area (Å²) in [4.78, 5) is 27.2. The van der Waals surface area contributed by atoms with Crippen LogP contribution in [0.15, 0.2) is 78.9 Å². The standard InChI is InChI=1S/C23H18FNO3/c24-19-12-6-4-10-17(19)15-25-20-13-7-5-11-18(20)23(28,22(25)27)14-21(26)16-8-2-1-3-9-16/h1-13,28H,14-15H2. The van der Waals surface area contributed by atoms with Gasteiger partial charge in [0, 0.05) is 16.7 Å². The number of hydrogen-bond donors (Lipinski definition) is 1. The van der Waals surface area contributed by atoms with Gasteiger partial charge < -0.3 is 10.0 Å². The molecule has 3 aromatic rings. The third-order valence-electron chi connectivity index (χ3n) is 5.04. The van der Waals surface area contributed by atoms with E-state index in [1.54, 1.807) is 72.8 Å². The number of amides is 1. The van der Waals surface area contributed by atoms with E-state index in [1.807, 2.05) is 0 Å². The van der Waals surface area contributed by atoms with Crippen molar-refractivity contribution >= 4 is 17.4 Å². The van der Waals surface area contributed by atoms with Crippen LogP contribution in [-0.4, -0.2) is 16.8 Å². The summed E-state index contributed by atoms with van der Waals surface area (Å²) in [5.74, 6) is -1.39. The zero-order valence-corrected chi connectivity index (χ0v) is 15.0. The maximum absolute atomic E-state index is 14.1. The Morgan fingerprint density at radius 1 is 0.929 bits per heavy atom. The summed E-state index contributed by atoms with van der Waals surface area (Å²) in [6, 6.07) is 21.5. The quantitative estimate of drug-likeness (QED) is 0.690. The third kappa shape index (κ3) is 3.00. The van der Waals surface area contributed by atoms with Gasteiger partial charge in [-0.25, -0.2) is 4.39 Å². The lowest BCUT2D eigenvalue weighted by atomic mass is 9.88. The summed E-state index contributed by atoms with van der Waals surface area (Å²) in [6.45, 7) is -0.0235. The zero-order chi connectivity index (χ0) is 19.7. The Hall–Kier alpha value is -3.31. The van der Waals surface area contributed by atoms with Crippen molar-refractivity contribution in [2.75, 3.05) is 4.90 Å². The Morgan fingerprint density at radius 2 is 1.57 bits per heavy atom. The lowest BCUT2D eigenvalue weighted by molar-refractivity contribution is -0.136. The summed E-state index contributed by atoms with van der Waals surface area (Å²) in [5, 5.41) is 11.3. The Bertz CT molecular complexity index is 1050. The van der Waals surface area contributed by atoms with Gasteiger partial charge in [-0.15, -0.1) is 0 Å². The second kappa shape index (κ2) is 7.02. The molecular formula is C23H18FNO3. The van der Waals surface area contributed by atoms with Crippen LogP contribution in [0.25, 0.3) is 0 Å². The number of rotatable bonds is 5. The highest BCUT2D eigenvalue weighted by atomic mass is 19.1. The fraction of sp³-hybridized carbons (Fsp3) is 0.130. The molecule has 4 rings (SSSR count). The number of Topliss-reactive ketones (excluding diaryl/α,β-unsaturated/α-hetero) is 1. The zero-order valence-electron chi connectivity index (χ0n) is 15.0. The van der Waals surface area contributed by atoms with Gasteiger partial charge in [-0.3, -0.25) is 9.59 Å². The van der Waals surface area contributed by atoms with E-state index in [2.05, 4.69) is 0 Å². The molecule has 5 heteroatoms. The second-order valence-electron chi connectivity index (χ2n) is 6.83. The molecule has 1 aliphatic heterocycles. The van der Waals surface area contributed by atoms with Crippen molar-refractivity contribution in [1.29, 1.82) is 0 Å². The first-order valence-corrected chi connectivity index (χ1v) is 8.96. The highest BCUT2D eigenvalue weighted by Crippen LogP contribution is 2.43. The number of halogens is 1. The molecule has 0 bridgehead atoms. The number of para-hydroxylation sites is 1. The third-order valence-corrected chi connectivity index (χ3v) is 5.04. The molecule has 0 spiro atoms. The van der Waals surface area contributed by atoms with E-state index in [0.717, 1.165) is 0 Å². The normalized spacial score (nSPS) is 18.2. The maximum Gasteiger partial charge on any atom is 0.264 e. The topological polar surface area (TPSA) is 57.6 Å². The second-order valence-corrected chi connectivity index (χ2v) is 6.83. The fourth-order valence-electron chi connectivity index (χ4n) is 3.59. The molecule has 0 fully saturated rings. The van der Waals surface area contributed by atoms with E-state index < -0.39 is 17.3 Å². The number of ketones is 1. The van der Waals surface area contributed by atoms with E-state index in [4.69, 9.17) is 0 Å². The van der Waals surface area contributed by atoms with Crippen molar-refractivity contribution in [3.63, 3.8) is 0 Å². The number of hydrogen-bond acceptors (Lipinski definition) is 3. The Morgan fingerprint density at radius 3 is 2.32 bits per heavy atom. The van der Waals surface area contributed by atoms with Gasteiger partial charge >= 0.3 is 0 Å². The number of carbonyl (C=O) groups is 2. The number of anilines is 1. The average molecular weight is 375 g/mol. The lowest BCUT2D eigenvalue weighted by Gasteiger charge is -2.23. The van der Waals surface area contributed by atoms with Crippen LogP contribution in [0.4, 0.5) is 10.1 Å². The summed E-state index contributed by atoms with van der Waals surface area (Å²) in [6.07, 6.45) is -0.374. The Labute approximate surface area is 161 Å². The number of fused-ring (bicyclic) bond motifs is 1. The summed E-state index contributed by atoms with van der Waals surface area (Å²) in [5.41, 5.74) is -0.368. The van der Waals surface area contributed by atoms with Crippen molar-refractivity contribution in [2.45, 2.75) is 18.6 Å². The molecule has 1 atom stereocenters. The van der Waals surface area contributed by atoms with Crippen molar-refractivity contribution < 1.29 is 19.1 Å². The van der Waals surface area contributed by atoms with E-state index in [9.17, 15) is 19.1 Å². The molecule has 1 N–H and O–H groups in total. The minimum atomic E-state index is -1.98. The molecule has 1 aliphatic rings. The van der Waals surface area contributed by atoms with Gasteiger partial charge in [0.15, 0.2) is 11.4 Å². The SMILES string of the molecule is O=C(CC1(O)C(=O)N(Cc2ccccc2F)c2ccccc21)c1ccccc1. The van der Waals surface area contributed by atoms with Crippen LogP contribution in [0.2, 0.25) is 0 Å². The molecule has 0 saturated heterocycles. The van der Waals surface area contributed by atoms with Gasteiger partial charge in [0.2, 0.25) is 0 Å². The minimum absolute atomic E-state index is 0.0235. The molecule has 0 aromatic heterocycles. The lowest BCUT2D eigenvalue weighted by Crippen LogP contribution is -2.41. The van der Waals surface area contributed by atoms with Gasteiger partial charge in [0.25, 0.3) is 5.91 Å². The average Bonchev–Trinajstić information content (AvgIpc) is 2.92. The Kier molecular flexibility index (Phi) is 4.53. The van der Waals surface area contributed by atoms with E-state index in [1.165, 1.54) is 11.0 Å². The number of aliphatic hydroxyl groups is 1. The van der Waals surface area contributed by atoms with Crippen molar-refractivity contribution in [1.82, 2.24) is 0 Å². The predicted molar refractivity (Wildman–Crippen MR) is 103 cm³/mol. The first-order chi connectivity index (χ1) is 13.5. The summed E-state index contributed by atoms with van der Waals surface area (Å²) >= 11 is 0. The number of benzene rings is 3. The van der Waals surface area contributed by atoms with Crippen LogP contribution in [-0.2, 0) is 16.9 Å². The minimum Gasteiger partial charge on any atom is -0.375 e. The van der Waals surface area contributed by atoms with Crippen LogP contribution in [0.1, 0.15) is 27.9 Å². The molecule has 0 aliphatic carbocycles. The molecule has 3 aromatic carbocycles. The van der Waals surface area contributed by atoms with Gasteiger partial charge in [0.1, 0.15) is 5.82 Å². The molecule has 1 heterocycles. The molecule has 4 nitrogen and oxygen atoms in total. The van der Waals surface area contributed by atoms with E-state index in [-0.39, 0.29) is 18.7 Å². The monoisotopic (exact) mass is 375 g/mol. The first kappa shape index (κ1) is 18.1. The first-order valence-electron chi connectivity index (χ1n) is 8.96. The van der Waals surface area contributed by atoms with E-state index in [0.29, 0.717) is 22.4 Å². The molecule has 1 amide bonds. The van der Waals surface area contributed by atoms with Crippen LogP contribution in [0.5, 0.6) is 0 Å². The molecule has 1 unspecified atom stereocenters. The van der Waals surface area contributed by atoms with Gasteiger partial charge in [-0.1, -0.05) is 66.7 Å². The summed E-state index contributed by atoms with van der Waals surface area (Å²) < 4.78 is 14.1. The smallest absolute Gasteiger partial charge is 0.264 e. The van der Waals surface area contributed by atoms with Gasteiger partial charge in [0.05, 0.1) is 18.7 Å². The molecule has 28 heavy (non-hydrogen) atoms. The highest BCUT2D eigenvalue weighted by molar-refractivity contribution is 6.10. The van der Waals surface area contributed by atoms with Gasteiger partial charge in [-0.05, 0) is 12.1 Å². The molecule has 140 valence electrons. The van der Waals surface area contributed by atoms with Crippen LogP contribution >= 0.6 is 0 Å². The Balaban J connectivity index is 1.70. The van der Waals surface area contributed by atoms with Crippen molar-refractivity contribution in [3.05, 3.63) is 101 Å². The van der Waals surface area contributed by atoms with Crippen LogP contribution < -0.4 is 4.90 Å². The van der Waals surface area contributed by atoms with Crippen LogP contribution in [0, 0.1) is 5.82 Å². The molecular weight excluding hydrogens is 357 g/mol. The molecule has 0 radical (unpaired) electrons. The van der Waals surface area contributed by atoms with Crippen molar-refractivity contribution in [3.8, 4) is 0 Å². The number of carbonyl (C=O) groups excluding carboxylic acids is 2. The van der Waals surface area contributed by atoms with E-state index >= 15 is 0 Å².